The Morgan fingerprint density at radius 2 is 2.00 bits per heavy atom. The van der Waals surface area contributed by atoms with Crippen molar-refractivity contribution in [2.24, 2.45) is 5.73 Å². The number of hydrogen-bond acceptors (Lipinski definition) is 3. The second-order valence-electron chi connectivity index (χ2n) is 4.47. The lowest BCUT2D eigenvalue weighted by Crippen LogP contribution is -2.31. The third kappa shape index (κ3) is 2.79. The molecule has 0 spiro atoms. The van der Waals surface area contributed by atoms with E-state index in [0.717, 1.165) is 18.8 Å². The zero-order chi connectivity index (χ0) is 12.1. The standard InChI is InChI=1S/C14H22N2O/c1-2-17-14-8-4-3-7-12(14)13(11-15)16-9-5-6-10-16/h3-4,7-8,13H,2,5-6,9-11,15H2,1H3. The second-order valence-corrected chi connectivity index (χ2v) is 4.47. The summed E-state index contributed by atoms with van der Waals surface area (Å²) >= 11 is 0. The topological polar surface area (TPSA) is 38.5 Å². The maximum absolute atomic E-state index is 5.95. The Kier molecular flexibility index (Phi) is 4.40. The average Bonchev–Trinajstić information content (AvgIpc) is 2.86. The first-order valence-corrected chi connectivity index (χ1v) is 6.52. The molecule has 1 atom stereocenters. The van der Waals surface area contributed by atoms with Crippen LogP contribution in [-0.4, -0.2) is 31.1 Å². The monoisotopic (exact) mass is 234 g/mol. The van der Waals surface area contributed by atoms with Crippen molar-refractivity contribution < 1.29 is 4.74 Å². The Hall–Kier alpha value is -1.06. The molecule has 1 aromatic carbocycles. The summed E-state index contributed by atoms with van der Waals surface area (Å²) in [5.74, 6) is 0.984. The van der Waals surface area contributed by atoms with Crippen LogP contribution in [0.4, 0.5) is 0 Å². The van der Waals surface area contributed by atoms with Gasteiger partial charge in [0.05, 0.1) is 12.6 Å². The lowest BCUT2D eigenvalue weighted by Gasteiger charge is -2.28. The highest BCUT2D eigenvalue weighted by Crippen LogP contribution is 2.30. The van der Waals surface area contributed by atoms with Crippen molar-refractivity contribution in [3.05, 3.63) is 29.8 Å². The molecule has 3 nitrogen and oxygen atoms in total. The van der Waals surface area contributed by atoms with E-state index < -0.39 is 0 Å². The fourth-order valence-electron chi connectivity index (χ4n) is 2.57. The van der Waals surface area contributed by atoms with E-state index in [-0.39, 0.29) is 0 Å². The number of nitrogens with two attached hydrogens (primary N) is 1. The molecule has 1 saturated heterocycles. The van der Waals surface area contributed by atoms with Gasteiger partial charge in [0, 0.05) is 12.1 Å². The van der Waals surface area contributed by atoms with Crippen molar-refractivity contribution in [2.45, 2.75) is 25.8 Å². The molecule has 0 saturated carbocycles. The fourth-order valence-corrected chi connectivity index (χ4v) is 2.57. The first-order valence-electron chi connectivity index (χ1n) is 6.52. The van der Waals surface area contributed by atoms with E-state index in [4.69, 9.17) is 10.5 Å². The molecule has 1 aromatic rings. The van der Waals surface area contributed by atoms with Crippen molar-refractivity contribution in [2.75, 3.05) is 26.2 Å². The quantitative estimate of drug-likeness (QED) is 0.848. The zero-order valence-electron chi connectivity index (χ0n) is 10.6. The Bertz CT molecular complexity index is 348. The van der Waals surface area contributed by atoms with Gasteiger partial charge in [-0.3, -0.25) is 4.90 Å². The van der Waals surface area contributed by atoms with Gasteiger partial charge in [0.1, 0.15) is 5.75 Å². The molecule has 1 aliphatic heterocycles. The van der Waals surface area contributed by atoms with Gasteiger partial charge >= 0.3 is 0 Å². The first kappa shape index (κ1) is 12.4. The van der Waals surface area contributed by atoms with Crippen LogP contribution in [0.1, 0.15) is 31.4 Å². The predicted molar refractivity (Wildman–Crippen MR) is 70.2 cm³/mol. The highest BCUT2D eigenvalue weighted by Gasteiger charge is 2.24. The molecule has 0 amide bonds. The summed E-state index contributed by atoms with van der Waals surface area (Å²) in [6.07, 6.45) is 2.57. The van der Waals surface area contributed by atoms with Crippen LogP contribution in [0.3, 0.4) is 0 Å². The maximum atomic E-state index is 5.95. The molecule has 0 aliphatic carbocycles. The number of ether oxygens (including phenoxy) is 1. The van der Waals surface area contributed by atoms with Gasteiger partial charge < -0.3 is 10.5 Å². The zero-order valence-corrected chi connectivity index (χ0v) is 10.6. The molecule has 1 aliphatic rings. The van der Waals surface area contributed by atoms with Crippen LogP contribution < -0.4 is 10.5 Å². The molecule has 0 bridgehead atoms. The number of hydrogen-bond donors (Lipinski definition) is 1. The molecule has 17 heavy (non-hydrogen) atoms. The molecule has 2 rings (SSSR count). The molecule has 3 heteroatoms. The minimum Gasteiger partial charge on any atom is -0.494 e. The minimum absolute atomic E-state index is 0.306. The van der Waals surface area contributed by atoms with Gasteiger partial charge in [-0.2, -0.15) is 0 Å². The van der Waals surface area contributed by atoms with Crippen LogP contribution in [0.5, 0.6) is 5.75 Å². The third-order valence-corrected chi connectivity index (χ3v) is 3.38. The Balaban J connectivity index is 2.22. The van der Waals surface area contributed by atoms with Crippen molar-refractivity contribution in [3.8, 4) is 5.75 Å². The summed E-state index contributed by atoms with van der Waals surface area (Å²) in [5.41, 5.74) is 7.19. The Morgan fingerprint density at radius 1 is 1.29 bits per heavy atom. The Morgan fingerprint density at radius 3 is 2.65 bits per heavy atom. The number of likely N-dealkylation sites (tertiary alicyclic amines) is 1. The minimum atomic E-state index is 0.306. The highest BCUT2D eigenvalue weighted by atomic mass is 16.5. The molecule has 0 radical (unpaired) electrons. The smallest absolute Gasteiger partial charge is 0.124 e. The van der Waals surface area contributed by atoms with Crippen LogP contribution in [0, 0.1) is 0 Å². The molecule has 1 unspecified atom stereocenters. The molecule has 1 fully saturated rings. The van der Waals surface area contributed by atoms with Gasteiger partial charge in [-0.05, 0) is 38.9 Å². The summed E-state index contributed by atoms with van der Waals surface area (Å²) in [6.45, 7) is 5.69. The third-order valence-electron chi connectivity index (χ3n) is 3.38. The summed E-state index contributed by atoms with van der Waals surface area (Å²) in [4.78, 5) is 2.47. The van der Waals surface area contributed by atoms with Crippen molar-refractivity contribution in [3.63, 3.8) is 0 Å². The molecule has 1 heterocycles. The van der Waals surface area contributed by atoms with E-state index in [1.165, 1.54) is 18.4 Å². The van der Waals surface area contributed by atoms with Crippen molar-refractivity contribution >= 4 is 0 Å². The first-order chi connectivity index (χ1) is 8.36. The maximum Gasteiger partial charge on any atom is 0.124 e. The van der Waals surface area contributed by atoms with E-state index in [9.17, 15) is 0 Å². The second kappa shape index (κ2) is 6.03. The van der Waals surface area contributed by atoms with Crippen LogP contribution in [0.2, 0.25) is 0 Å². The molecular weight excluding hydrogens is 212 g/mol. The number of benzene rings is 1. The van der Waals surface area contributed by atoms with Crippen molar-refractivity contribution in [1.29, 1.82) is 0 Å². The summed E-state index contributed by atoms with van der Waals surface area (Å²) in [7, 11) is 0. The largest absolute Gasteiger partial charge is 0.494 e. The van der Waals surface area contributed by atoms with Crippen LogP contribution >= 0.6 is 0 Å². The van der Waals surface area contributed by atoms with E-state index in [2.05, 4.69) is 17.0 Å². The van der Waals surface area contributed by atoms with Crippen molar-refractivity contribution in [1.82, 2.24) is 4.90 Å². The van der Waals surface area contributed by atoms with Gasteiger partial charge in [-0.15, -0.1) is 0 Å². The van der Waals surface area contributed by atoms with Gasteiger partial charge in [0.25, 0.3) is 0 Å². The van der Waals surface area contributed by atoms with Gasteiger partial charge in [-0.25, -0.2) is 0 Å². The number of rotatable bonds is 5. The van der Waals surface area contributed by atoms with Gasteiger partial charge in [0.15, 0.2) is 0 Å². The predicted octanol–water partition coefficient (Wildman–Crippen LogP) is 2.18. The Labute approximate surface area is 104 Å². The molecule has 2 N–H and O–H groups in total. The summed E-state index contributed by atoms with van der Waals surface area (Å²) in [5, 5.41) is 0. The summed E-state index contributed by atoms with van der Waals surface area (Å²) in [6, 6.07) is 8.57. The average molecular weight is 234 g/mol. The lowest BCUT2D eigenvalue weighted by molar-refractivity contribution is 0.241. The van der Waals surface area contributed by atoms with Gasteiger partial charge in [-0.1, -0.05) is 18.2 Å². The molecule has 0 aromatic heterocycles. The number of nitrogens with zero attached hydrogens (tertiary/aromatic N) is 1. The SMILES string of the molecule is CCOc1ccccc1C(CN)N1CCCC1. The van der Waals surface area contributed by atoms with E-state index in [1.54, 1.807) is 0 Å². The number of para-hydroxylation sites is 1. The van der Waals surface area contributed by atoms with Crippen LogP contribution in [0.15, 0.2) is 24.3 Å². The highest BCUT2D eigenvalue weighted by molar-refractivity contribution is 5.36. The van der Waals surface area contributed by atoms with Crippen LogP contribution in [-0.2, 0) is 0 Å². The summed E-state index contributed by atoms with van der Waals surface area (Å²) < 4.78 is 5.70. The normalized spacial score (nSPS) is 18.2. The van der Waals surface area contributed by atoms with E-state index >= 15 is 0 Å². The lowest BCUT2D eigenvalue weighted by atomic mass is 10.0. The van der Waals surface area contributed by atoms with Crippen LogP contribution in [0.25, 0.3) is 0 Å². The van der Waals surface area contributed by atoms with E-state index in [0.29, 0.717) is 19.2 Å². The fraction of sp³-hybridized carbons (Fsp3) is 0.571. The molecular formula is C14H22N2O. The van der Waals surface area contributed by atoms with E-state index in [1.807, 2.05) is 19.1 Å². The molecule has 94 valence electrons. The van der Waals surface area contributed by atoms with Gasteiger partial charge in [0.2, 0.25) is 0 Å².